The zero-order valence-corrected chi connectivity index (χ0v) is 12.8. The second kappa shape index (κ2) is 7.47. The zero-order chi connectivity index (χ0) is 14.4. The van der Waals surface area contributed by atoms with E-state index in [0.29, 0.717) is 12.0 Å². The van der Waals surface area contributed by atoms with Gasteiger partial charge >= 0.3 is 0 Å². The topological polar surface area (TPSA) is 29.1 Å². The van der Waals surface area contributed by atoms with E-state index in [2.05, 4.69) is 25.2 Å². The van der Waals surface area contributed by atoms with Crippen molar-refractivity contribution in [2.75, 3.05) is 0 Å². The van der Waals surface area contributed by atoms with Gasteiger partial charge in [0.05, 0.1) is 0 Å². The van der Waals surface area contributed by atoms with E-state index in [1.54, 1.807) is 0 Å². The first-order chi connectivity index (χ1) is 9.66. The van der Waals surface area contributed by atoms with Gasteiger partial charge < -0.3 is 5.32 Å². The van der Waals surface area contributed by atoms with Crippen LogP contribution in [0.4, 0.5) is 0 Å². The number of hydrogen-bond acceptors (Lipinski definition) is 1. The molecule has 1 aromatic carbocycles. The van der Waals surface area contributed by atoms with Crippen LogP contribution < -0.4 is 5.32 Å². The van der Waals surface area contributed by atoms with Gasteiger partial charge in [0.25, 0.3) is 5.91 Å². The highest BCUT2D eigenvalue weighted by Crippen LogP contribution is 2.19. The van der Waals surface area contributed by atoms with E-state index in [-0.39, 0.29) is 5.91 Å². The van der Waals surface area contributed by atoms with E-state index < -0.39 is 0 Å². The van der Waals surface area contributed by atoms with E-state index in [1.807, 2.05) is 18.2 Å². The molecule has 1 aliphatic carbocycles. The third-order valence-corrected chi connectivity index (χ3v) is 4.26. The first kappa shape index (κ1) is 15.1. The zero-order valence-electron chi connectivity index (χ0n) is 12.8. The largest absolute Gasteiger partial charge is 0.349 e. The molecule has 1 amide bonds. The van der Waals surface area contributed by atoms with Gasteiger partial charge in [-0.05, 0) is 36.5 Å². The molecule has 1 aliphatic rings. The molecule has 110 valence electrons. The minimum absolute atomic E-state index is 0.0954. The fourth-order valence-electron chi connectivity index (χ4n) is 2.91. The summed E-state index contributed by atoms with van der Waals surface area (Å²) in [7, 11) is 0. The van der Waals surface area contributed by atoms with Gasteiger partial charge in [-0.1, -0.05) is 58.1 Å². The van der Waals surface area contributed by atoms with Gasteiger partial charge in [-0.25, -0.2) is 0 Å². The van der Waals surface area contributed by atoms with Gasteiger partial charge in [0, 0.05) is 11.6 Å². The van der Waals surface area contributed by atoms with Gasteiger partial charge in [0.2, 0.25) is 0 Å². The van der Waals surface area contributed by atoms with Crippen LogP contribution in [0.5, 0.6) is 0 Å². The molecular formula is C18H27NO. The van der Waals surface area contributed by atoms with Crippen LogP contribution in [0.3, 0.4) is 0 Å². The summed E-state index contributed by atoms with van der Waals surface area (Å²) in [6.07, 6.45) is 8.75. The van der Waals surface area contributed by atoms with Crippen LogP contribution in [-0.4, -0.2) is 11.9 Å². The summed E-state index contributed by atoms with van der Waals surface area (Å²) in [6.45, 7) is 4.32. The summed E-state index contributed by atoms with van der Waals surface area (Å²) in [5.41, 5.74) is 2.04. The maximum absolute atomic E-state index is 12.4. The molecule has 2 nitrogen and oxygen atoms in total. The van der Waals surface area contributed by atoms with E-state index in [1.165, 1.54) is 37.7 Å². The smallest absolute Gasteiger partial charge is 0.251 e. The van der Waals surface area contributed by atoms with Gasteiger partial charge in [-0.3, -0.25) is 4.79 Å². The van der Waals surface area contributed by atoms with Gasteiger partial charge in [-0.15, -0.1) is 0 Å². The molecule has 0 radical (unpaired) electrons. The lowest BCUT2D eigenvalue weighted by atomic mass is 9.96. The standard InChI is InChI=1S/C18H27NO/c1-14(2)15-9-8-10-16(13-15)18(20)19-17-11-6-4-3-5-7-12-17/h8-10,13-14,17H,3-7,11-12H2,1-2H3,(H,19,20). The highest BCUT2D eigenvalue weighted by Gasteiger charge is 2.15. The number of nitrogens with one attached hydrogen (secondary N) is 1. The minimum Gasteiger partial charge on any atom is -0.349 e. The van der Waals surface area contributed by atoms with Crippen LogP contribution in [0.1, 0.15) is 80.6 Å². The predicted molar refractivity (Wildman–Crippen MR) is 84.1 cm³/mol. The van der Waals surface area contributed by atoms with Gasteiger partial charge in [0.1, 0.15) is 0 Å². The van der Waals surface area contributed by atoms with Crippen molar-refractivity contribution in [1.82, 2.24) is 5.32 Å². The monoisotopic (exact) mass is 273 g/mol. The van der Waals surface area contributed by atoms with Crippen LogP contribution in [0.25, 0.3) is 0 Å². The van der Waals surface area contributed by atoms with Crippen LogP contribution >= 0.6 is 0 Å². The van der Waals surface area contributed by atoms with Crippen LogP contribution in [-0.2, 0) is 0 Å². The summed E-state index contributed by atoms with van der Waals surface area (Å²) in [4.78, 5) is 12.4. The summed E-state index contributed by atoms with van der Waals surface area (Å²) in [5, 5.41) is 3.23. The van der Waals surface area contributed by atoms with Gasteiger partial charge in [-0.2, -0.15) is 0 Å². The fourth-order valence-corrected chi connectivity index (χ4v) is 2.91. The molecule has 0 bridgehead atoms. The Bertz CT molecular complexity index is 431. The van der Waals surface area contributed by atoms with Crippen molar-refractivity contribution >= 4 is 5.91 Å². The van der Waals surface area contributed by atoms with Crippen molar-refractivity contribution < 1.29 is 4.79 Å². The Morgan fingerprint density at radius 3 is 2.40 bits per heavy atom. The summed E-state index contributed by atoms with van der Waals surface area (Å²) >= 11 is 0. The molecule has 20 heavy (non-hydrogen) atoms. The quantitative estimate of drug-likeness (QED) is 0.853. The molecule has 2 rings (SSSR count). The van der Waals surface area contributed by atoms with Crippen LogP contribution in [0.15, 0.2) is 24.3 Å². The molecule has 0 saturated heterocycles. The fraction of sp³-hybridized carbons (Fsp3) is 0.611. The molecule has 1 saturated carbocycles. The SMILES string of the molecule is CC(C)c1cccc(C(=O)NC2CCCCCCC2)c1. The van der Waals surface area contributed by atoms with E-state index >= 15 is 0 Å². The van der Waals surface area contributed by atoms with Crippen molar-refractivity contribution in [3.05, 3.63) is 35.4 Å². The second-order valence-corrected chi connectivity index (χ2v) is 6.30. The lowest BCUT2D eigenvalue weighted by molar-refractivity contribution is 0.0930. The molecule has 1 fully saturated rings. The number of hydrogen-bond donors (Lipinski definition) is 1. The number of rotatable bonds is 3. The Morgan fingerprint density at radius 2 is 1.75 bits per heavy atom. The van der Waals surface area contributed by atoms with E-state index in [0.717, 1.165) is 18.4 Å². The Kier molecular flexibility index (Phi) is 5.63. The minimum atomic E-state index is 0.0954. The van der Waals surface area contributed by atoms with Crippen molar-refractivity contribution in [2.45, 2.75) is 70.8 Å². The predicted octanol–water partition coefficient (Wildman–Crippen LogP) is 4.65. The highest BCUT2D eigenvalue weighted by molar-refractivity contribution is 5.94. The van der Waals surface area contributed by atoms with Crippen molar-refractivity contribution in [3.8, 4) is 0 Å². The molecule has 1 aromatic rings. The molecule has 0 unspecified atom stereocenters. The highest BCUT2D eigenvalue weighted by atomic mass is 16.1. The number of amides is 1. The average molecular weight is 273 g/mol. The molecular weight excluding hydrogens is 246 g/mol. The Balaban J connectivity index is 1.97. The molecule has 1 N–H and O–H groups in total. The Labute approximate surface area is 123 Å². The number of benzene rings is 1. The third-order valence-electron chi connectivity index (χ3n) is 4.26. The maximum Gasteiger partial charge on any atom is 0.251 e. The molecule has 0 aliphatic heterocycles. The summed E-state index contributed by atoms with van der Waals surface area (Å²) in [6, 6.07) is 8.40. The Morgan fingerprint density at radius 1 is 1.10 bits per heavy atom. The normalized spacial score (nSPS) is 17.6. The summed E-state index contributed by atoms with van der Waals surface area (Å²) < 4.78 is 0. The molecule has 0 heterocycles. The molecule has 0 spiro atoms. The lowest BCUT2D eigenvalue weighted by Crippen LogP contribution is -2.35. The van der Waals surface area contributed by atoms with Crippen molar-refractivity contribution in [1.29, 1.82) is 0 Å². The Hall–Kier alpha value is -1.31. The second-order valence-electron chi connectivity index (χ2n) is 6.30. The summed E-state index contributed by atoms with van der Waals surface area (Å²) in [5.74, 6) is 0.558. The van der Waals surface area contributed by atoms with E-state index in [9.17, 15) is 4.79 Å². The van der Waals surface area contributed by atoms with Crippen LogP contribution in [0, 0.1) is 0 Å². The van der Waals surface area contributed by atoms with Crippen molar-refractivity contribution in [2.24, 2.45) is 0 Å². The average Bonchev–Trinajstić information content (AvgIpc) is 2.41. The van der Waals surface area contributed by atoms with Crippen molar-refractivity contribution in [3.63, 3.8) is 0 Å². The molecule has 0 atom stereocenters. The molecule has 0 aromatic heterocycles. The first-order valence-electron chi connectivity index (χ1n) is 8.07. The maximum atomic E-state index is 12.4. The number of carbonyl (C=O) groups excluding carboxylic acids is 1. The van der Waals surface area contributed by atoms with Gasteiger partial charge in [0.15, 0.2) is 0 Å². The number of carbonyl (C=O) groups is 1. The lowest BCUT2D eigenvalue weighted by Gasteiger charge is -2.21. The van der Waals surface area contributed by atoms with Crippen LogP contribution in [0.2, 0.25) is 0 Å². The first-order valence-corrected chi connectivity index (χ1v) is 8.07. The van der Waals surface area contributed by atoms with E-state index in [4.69, 9.17) is 0 Å². The third kappa shape index (κ3) is 4.36. The molecule has 2 heteroatoms.